The van der Waals surface area contributed by atoms with Crippen molar-refractivity contribution in [3.63, 3.8) is 0 Å². The fourth-order valence-corrected chi connectivity index (χ4v) is 6.65. The molecular formula is C31H28F2N4. The Hall–Kier alpha value is -3.80. The molecule has 2 N–H and O–H groups in total. The molecule has 5 aromatic rings. The van der Waals surface area contributed by atoms with E-state index >= 15 is 0 Å². The van der Waals surface area contributed by atoms with Gasteiger partial charge in [0, 0.05) is 40.9 Å². The summed E-state index contributed by atoms with van der Waals surface area (Å²) in [6.45, 7) is 2.35. The number of nitrogens with one attached hydrogen (secondary N) is 2. The number of aromatic nitrogens is 3. The number of aromatic amines is 1. The molecule has 3 aromatic carbocycles. The maximum absolute atomic E-state index is 14.5. The molecular weight excluding hydrogens is 466 g/mol. The molecule has 0 amide bonds. The Balaban J connectivity index is 1.37. The summed E-state index contributed by atoms with van der Waals surface area (Å²) in [4.78, 5) is 12.8. The van der Waals surface area contributed by atoms with Gasteiger partial charge in [0.2, 0.25) is 0 Å². The normalized spacial score (nSPS) is 23.1. The summed E-state index contributed by atoms with van der Waals surface area (Å²) in [6.07, 6.45) is 6.80. The van der Waals surface area contributed by atoms with Crippen LogP contribution < -0.4 is 5.32 Å². The topological polar surface area (TPSA) is 53.6 Å². The van der Waals surface area contributed by atoms with Gasteiger partial charge in [-0.2, -0.15) is 0 Å². The number of hydrogen-bond acceptors (Lipinski definition) is 3. The van der Waals surface area contributed by atoms with Crippen molar-refractivity contribution in [2.24, 2.45) is 17.8 Å². The largest absolute Gasteiger partial charge is 0.367 e. The first-order valence-corrected chi connectivity index (χ1v) is 13.1. The number of nitrogens with zero attached hydrogens (tertiary/aromatic N) is 2. The standard InChI is InChI=1S/C31H28F2N4/c1-17-18-6-9-20(10-7-18)29(17)36-28-15-27(22-11-8-19-4-2-3-5-21(19)12-22)35-31(37-28)25-16-34-30-24(25)13-23(32)14-26(30)33/h2-5,8,11-18,20,29,34H,6-7,9-10H2,1H3,(H,35,36,37)/t17-,18?,20?,29+/m1/s1. The second-order valence-electron chi connectivity index (χ2n) is 10.7. The number of H-pyrrole nitrogens is 1. The van der Waals surface area contributed by atoms with E-state index in [1.165, 1.54) is 31.7 Å². The Bertz CT molecular complexity index is 1630. The lowest BCUT2D eigenvalue weighted by atomic mass is 9.62. The molecule has 3 aliphatic rings. The number of benzene rings is 3. The van der Waals surface area contributed by atoms with E-state index < -0.39 is 11.6 Å². The van der Waals surface area contributed by atoms with Crippen molar-refractivity contribution in [3.05, 3.63) is 78.5 Å². The Labute approximate surface area is 214 Å². The summed E-state index contributed by atoms with van der Waals surface area (Å²) in [5.41, 5.74) is 2.58. The molecule has 3 fully saturated rings. The zero-order chi connectivity index (χ0) is 25.1. The van der Waals surface area contributed by atoms with Gasteiger partial charge < -0.3 is 10.3 Å². The van der Waals surface area contributed by atoms with Gasteiger partial charge in [0.05, 0.1) is 11.2 Å². The van der Waals surface area contributed by atoms with Gasteiger partial charge in [0.25, 0.3) is 0 Å². The van der Waals surface area contributed by atoms with Crippen LogP contribution in [0.4, 0.5) is 14.6 Å². The first kappa shape index (κ1) is 22.4. The van der Waals surface area contributed by atoms with E-state index in [-0.39, 0.29) is 5.52 Å². The number of rotatable bonds is 4. The summed E-state index contributed by atoms with van der Waals surface area (Å²) in [7, 11) is 0. The van der Waals surface area contributed by atoms with Crippen molar-refractivity contribution >= 4 is 27.5 Å². The lowest BCUT2D eigenvalue weighted by Crippen LogP contribution is -2.47. The molecule has 0 unspecified atom stereocenters. The number of halogens is 2. The Morgan fingerprint density at radius 2 is 1.65 bits per heavy atom. The minimum absolute atomic E-state index is 0.254. The van der Waals surface area contributed by atoms with E-state index in [1.807, 2.05) is 18.2 Å². The van der Waals surface area contributed by atoms with Gasteiger partial charge in [-0.05, 0) is 66.3 Å². The molecule has 2 heterocycles. The monoisotopic (exact) mass is 494 g/mol. The third-order valence-corrected chi connectivity index (χ3v) is 8.67. The molecule has 3 saturated carbocycles. The van der Waals surface area contributed by atoms with E-state index in [2.05, 4.69) is 47.6 Å². The van der Waals surface area contributed by atoms with Gasteiger partial charge in [-0.25, -0.2) is 18.7 Å². The molecule has 6 heteroatoms. The van der Waals surface area contributed by atoms with Crippen LogP contribution in [0, 0.1) is 29.4 Å². The molecule has 0 radical (unpaired) electrons. The van der Waals surface area contributed by atoms with Crippen LogP contribution in [0.15, 0.2) is 66.9 Å². The fraction of sp³-hybridized carbons (Fsp3) is 0.290. The lowest BCUT2D eigenvalue weighted by molar-refractivity contribution is 0.0928. The molecule has 2 atom stereocenters. The van der Waals surface area contributed by atoms with Gasteiger partial charge in [0.1, 0.15) is 17.5 Å². The molecule has 2 bridgehead atoms. The Morgan fingerprint density at radius 3 is 2.46 bits per heavy atom. The highest BCUT2D eigenvalue weighted by atomic mass is 19.1. The molecule has 3 aliphatic carbocycles. The maximum atomic E-state index is 14.5. The third-order valence-electron chi connectivity index (χ3n) is 8.67. The van der Waals surface area contributed by atoms with E-state index in [4.69, 9.17) is 9.97 Å². The minimum atomic E-state index is -0.627. The molecule has 37 heavy (non-hydrogen) atoms. The van der Waals surface area contributed by atoms with Crippen molar-refractivity contribution < 1.29 is 8.78 Å². The summed E-state index contributed by atoms with van der Waals surface area (Å²) in [5, 5.41) is 6.50. The van der Waals surface area contributed by atoms with Crippen molar-refractivity contribution in [2.75, 3.05) is 5.32 Å². The minimum Gasteiger partial charge on any atom is -0.367 e. The highest BCUT2D eigenvalue weighted by molar-refractivity contribution is 5.95. The van der Waals surface area contributed by atoms with Crippen LogP contribution in [0.3, 0.4) is 0 Å². The average molecular weight is 495 g/mol. The average Bonchev–Trinajstić information content (AvgIpc) is 3.35. The van der Waals surface area contributed by atoms with Crippen LogP contribution in [-0.2, 0) is 0 Å². The molecule has 0 aliphatic heterocycles. The predicted octanol–water partition coefficient (Wildman–Crippen LogP) is 7.96. The summed E-state index contributed by atoms with van der Waals surface area (Å²) in [5.74, 6) is 1.91. The van der Waals surface area contributed by atoms with Gasteiger partial charge >= 0.3 is 0 Å². The van der Waals surface area contributed by atoms with Crippen molar-refractivity contribution in [3.8, 4) is 22.6 Å². The van der Waals surface area contributed by atoms with Crippen molar-refractivity contribution in [2.45, 2.75) is 38.6 Å². The number of fused-ring (bicyclic) bond motifs is 5. The first-order chi connectivity index (χ1) is 18.0. The Kier molecular flexibility index (Phi) is 5.24. The van der Waals surface area contributed by atoms with Crippen LogP contribution in [0.1, 0.15) is 32.6 Å². The fourth-order valence-electron chi connectivity index (χ4n) is 6.65. The molecule has 4 nitrogen and oxygen atoms in total. The smallest absolute Gasteiger partial charge is 0.164 e. The van der Waals surface area contributed by atoms with E-state index in [0.29, 0.717) is 34.7 Å². The summed E-state index contributed by atoms with van der Waals surface area (Å²) in [6, 6.07) is 19.1. The second-order valence-corrected chi connectivity index (χ2v) is 10.7. The highest BCUT2D eigenvalue weighted by Crippen LogP contribution is 2.46. The van der Waals surface area contributed by atoms with Crippen molar-refractivity contribution in [1.82, 2.24) is 15.0 Å². The van der Waals surface area contributed by atoms with E-state index in [1.54, 1.807) is 6.20 Å². The molecule has 0 spiro atoms. The quantitative estimate of drug-likeness (QED) is 0.266. The van der Waals surface area contributed by atoms with Crippen LogP contribution in [-0.4, -0.2) is 21.0 Å². The first-order valence-electron chi connectivity index (χ1n) is 13.1. The third kappa shape index (κ3) is 3.86. The number of hydrogen-bond donors (Lipinski definition) is 2. The van der Waals surface area contributed by atoms with Crippen LogP contribution in [0.2, 0.25) is 0 Å². The van der Waals surface area contributed by atoms with E-state index in [9.17, 15) is 8.78 Å². The summed E-state index contributed by atoms with van der Waals surface area (Å²) >= 11 is 0. The van der Waals surface area contributed by atoms with Gasteiger partial charge in [0.15, 0.2) is 5.82 Å². The van der Waals surface area contributed by atoms with Gasteiger partial charge in [-0.15, -0.1) is 0 Å². The van der Waals surface area contributed by atoms with Gasteiger partial charge in [-0.1, -0.05) is 43.3 Å². The number of anilines is 1. The predicted molar refractivity (Wildman–Crippen MR) is 144 cm³/mol. The summed E-state index contributed by atoms with van der Waals surface area (Å²) < 4.78 is 28.6. The van der Waals surface area contributed by atoms with Crippen molar-refractivity contribution in [1.29, 1.82) is 0 Å². The molecule has 0 saturated heterocycles. The maximum Gasteiger partial charge on any atom is 0.164 e. The van der Waals surface area contributed by atoms with Crippen LogP contribution >= 0.6 is 0 Å². The van der Waals surface area contributed by atoms with Gasteiger partial charge in [-0.3, -0.25) is 0 Å². The van der Waals surface area contributed by atoms with Crippen LogP contribution in [0.5, 0.6) is 0 Å². The molecule has 8 rings (SSSR count). The zero-order valence-corrected chi connectivity index (χ0v) is 20.6. The molecule has 2 aromatic heterocycles. The van der Waals surface area contributed by atoms with Crippen LogP contribution in [0.25, 0.3) is 44.3 Å². The molecule has 186 valence electrons. The highest BCUT2D eigenvalue weighted by Gasteiger charge is 2.41. The van der Waals surface area contributed by atoms with E-state index in [0.717, 1.165) is 39.8 Å². The Morgan fingerprint density at radius 1 is 0.865 bits per heavy atom. The second kappa shape index (κ2) is 8.65. The zero-order valence-electron chi connectivity index (χ0n) is 20.6. The lowest BCUT2D eigenvalue weighted by Gasteiger charge is -2.47. The SMILES string of the molecule is C[C@@H]1C2CCC(CC2)[C@H]1Nc1cc(-c2ccc3ccccc3c2)nc(-c2c[nH]c3c(F)cc(F)cc23)n1.